The summed E-state index contributed by atoms with van der Waals surface area (Å²) in [5.41, 5.74) is -0.219. The summed E-state index contributed by atoms with van der Waals surface area (Å²) in [6.07, 6.45) is 8.88. The third-order valence-corrected chi connectivity index (χ3v) is 4.66. The zero-order chi connectivity index (χ0) is 14.4. The molecule has 2 aliphatic rings. The summed E-state index contributed by atoms with van der Waals surface area (Å²) in [5.74, 6) is 0.343. The molecular weight excluding hydrogens is 252 g/mol. The molecule has 1 aliphatic carbocycles. The predicted molar refractivity (Wildman–Crippen MR) is 80.5 cm³/mol. The molecule has 4 nitrogen and oxygen atoms in total. The zero-order valence-electron chi connectivity index (χ0n) is 13.1. The van der Waals surface area contributed by atoms with Crippen LogP contribution in [0.5, 0.6) is 0 Å². The van der Waals surface area contributed by atoms with E-state index in [1.165, 1.54) is 19.3 Å². The summed E-state index contributed by atoms with van der Waals surface area (Å²) in [6.45, 7) is 6.78. The van der Waals surface area contributed by atoms with E-state index in [1.807, 2.05) is 0 Å². The molecule has 0 bridgehead atoms. The van der Waals surface area contributed by atoms with Gasteiger partial charge in [0.15, 0.2) is 0 Å². The number of rotatable bonds is 8. The maximum atomic E-state index is 12.7. The van der Waals surface area contributed by atoms with E-state index in [1.54, 1.807) is 0 Å². The summed E-state index contributed by atoms with van der Waals surface area (Å²) in [6, 6.07) is 0. The molecule has 2 rings (SSSR count). The highest BCUT2D eigenvalue weighted by atomic mass is 16.5. The van der Waals surface area contributed by atoms with Crippen LogP contribution in [0.3, 0.4) is 0 Å². The molecule has 1 N–H and O–H groups in total. The second-order valence-corrected chi connectivity index (χ2v) is 6.18. The van der Waals surface area contributed by atoms with Crippen LogP contribution in [0.1, 0.15) is 65.2 Å². The van der Waals surface area contributed by atoms with Gasteiger partial charge in [0.2, 0.25) is 5.91 Å². The normalized spacial score (nSPS) is 25.0. The minimum Gasteiger partial charge on any atom is -0.381 e. The number of hydrogen-bond donors (Lipinski definition) is 1. The molecule has 0 aromatic heterocycles. The average Bonchev–Trinajstić information content (AvgIpc) is 3.03. The number of ether oxygens (including phenoxy) is 1. The van der Waals surface area contributed by atoms with Crippen molar-refractivity contribution in [1.29, 1.82) is 0 Å². The van der Waals surface area contributed by atoms with E-state index < -0.39 is 0 Å². The molecule has 0 radical (unpaired) electrons. The maximum absolute atomic E-state index is 12.7. The minimum absolute atomic E-state index is 0.219. The molecule has 116 valence electrons. The highest BCUT2D eigenvalue weighted by Crippen LogP contribution is 2.36. The van der Waals surface area contributed by atoms with Crippen molar-refractivity contribution in [2.45, 2.75) is 76.9 Å². The fraction of sp³-hybridized carbons (Fsp3) is 0.938. The van der Waals surface area contributed by atoms with E-state index >= 15 is 0 Å². The summed E-state index contributed by atoms with van der Waals surface area (Å²) < 4.78 is 5.60. The fourth-order valence-electron chi connectivity index (χ4n) is 3.48. The van der Waals surface area contributed by atoms with Gasteiger partial charge < -0.3 is 9.64 Å². The molecule has 1 unspecified atom stereocenters. The Morgan fingerprint density at radius 2 is 1.95 bits per heavy atom. The van der Waals surface area contributed by atoms with E-state index in [0.29, 0.717) is 5.91 Å². The largest absolute Gasteiger partial charge is 0.381 e. The first-order chi connectivity index (χ1) is 9.73. The molecule has 1 saturated carbocycles. The van der Waals surface area contributed by atoms with Gasteiger partial charge in [-0.15, -0.1) is 0 Å². The number of carbonyl (C=O) groups is 1. The Kier molecular flexibility index (Phi) is 5.85. The smallest absolute Gasteiger partial charge is 0.244 e. The van der Waals surface area contributed by atoms with Crippen molar-refractivity contribution >= 4 is 5.91 Å². The van der Waals surface area contributed by atoms with E-state index in [9.17, 15) is 4.79 Å². The van der Waals surface area contributed by atoms with E-state index in [2.05, 4.69) is 24.1 Å². The Balaban J connectivity index is 1.79. The van der Waals surface area contributed by atoms with Crippen molar-refractivity contribution in [2.75, 3.05) is 19.8 Å². The quantitative estimate of drug-likeness (QED) is 0.696. The van der Waals surface area contributed by atoms with E-state index in [0.717, 1.165) is 51.9 Å². The maximum Gasteiger partial charge on any atom is 0.244 e. The lowest BCUT2D eigenvalue weighted by Gasteiger charge is -2.23. The van der Waals surface area contributed by atoms with Crippen LogP contribution >= 0.6 is 0 Å². The second kappa shape index (κ2) is 7.41. The van der Waals surface area contributed by atoms with Crippen LogP contribution in [0, 0.1) is 0 Å². The van der Waals surface area contributed by atoms with Gasteiger partial charge in [0.1, 0.15) is 0 Å². The van der Waals surface area contributed by atoms with Crippen molar-refractivity contribution < 1.29 is 9.53 Å². The van der Waals surface area contributed by atoms with Crippen LogP contribution in [0.15, 0.2) is 0 Å². The van der Waals surface area contributed by atoms with E-state index in [-0.39, 0.29) is 11.7 Å². The summed E-state index contributed by atoms with van der Waals surface area (Å²) in [5, 5.41) is 3.61. The van der Waals surface area contributed by atoms with Gasteiger partial charge in [-0.2, -0.15) is 0 Å². The monoisotopic (exact) mass is 282 g/mol. The summed E-state index contributed by atoms with van der Waals surface area (Å²) in [4.78, 5) is 14.8. The minimum atomic E-state index is -0.219. The molecule has 2 fully saturated rings. The number of unbranched alkanes of at least 4 members (excludes halogenated alkanes) is 1. The van der Waals surface area contributed by atoms with Crippen molar-refractivity contribution in [2.24, 2.45) is 0 Å². The van der Waals surface area contributed by atoms with Gasteiger partial charge in [-0.05, 0) is 32.1 Å². The number of amides is 1. The molecule has 1 amide bonds. The van der Waals surface area contributed by atoms with Crippen molar-refractivity contribution in [1.82, 2.24) is 10.2 Å². The van der Waals surface area contributed by atoms with Gasteiger partial charge in [-0.3, -0.25) is 10.1 Å². The molecule has 4 heteroatoms. The van der Waals surface area contributed by atoms with Crippen LogP contribution in [-0.4, -0.2) is 42.3 Å². The summed E-state index contributed by atoms with van der Waals surface area (Å²) in [7, 11) is 0. The highest BCUT2D eigenvalue weighted by Gasteiger charge is 2.51. The molecule has 1 aliphatic heterocycles. The molecule has 1 atom stereocenters. The van der Waals surface area contributed by atoms with Crippen molar-refractivity contribution in [3.8, 4) is 0 Å². The Labute approximate surface area is 123 Å². The van der Waals surface area contributed by atoms with Gasteiger partial charge in [0.25, 0.3) is 0 Å². The number of hydrogen-bond acceptors (Lipinski definition) is 3. The van der Waals surface area contributed by atoms with Gasteiger partial charge >= 0.3 is 0 Å². The van der Waals surface area contributed by atoms with Crippen LogP contribution in [0.2, 0.25) is 0 Å². The number of carbonyl (C=O) groups excluding carboxylic acids is 1. The SMILES string of the molecule is CCCCOCCCN1C(=O)C2(CCCC2)NC1CC. The summed E-state index contributed by atoms with van der Waals surface area (Å²) >= 11 is 0. The van der Waals surface area contributed by atoms with Crippen LogP contribution in [0.4, 0.5) is 0 Å². The van der Waals surface area contributed by atoms with Crippen molar-refractivity contribution in [3.63, 3.8) is 0 Å². The molecule has 0 aromatic carbocycles. The van der Waals surface area contributed by atoms with Crippen LogP contribution in [-0.2, 0) is 9.53 Å². The lowest BCUT2D eigenvalue weighted by atomic mass is 9.98. The average molecular weight is 282 g/mol. The Bertz CT molecular complexity index is 314. The van der Waals surface area contributed by atoms with E-state index in [4.69, 9.17) is 4.74 Å². The molecule has 1 heterocycles. The molecule has 1 spiro atoms. The second-order valence-electron chi connectivity index (χ2n) is 6.18. The lowest BCUT2D eigenvalue weighted by Crippen LogP contribution is -2.44. The molecule has 1 saturated heterocycles. The van der Waals surface area contributed by atoms with Gasteiger partial charge in [-0.25, -0.2) is 0 Å². The standard InChI is InChI=1S/C16H30N2O2/c1-3-5-12-20-13-8-11-18-14(4-2)17-16(15(18)19)9-6-7-10-16/h14,17H,3-13H2,1-2H3. The van der Waals surface area contributed by atoms with Gasteiger partial charge in [0.05, 0.1) is 11.7 Å². The highest BCUT2D eigenvalue weighted by molar-refractivity contribution is 5.89. The Hall–Kier alpha value is -0.610. The lowest BCUT2D eigenvalue weighted by molar-refractivity contribution is -0.133. The Morgan fingerprint density at radius 1 is 1.25 bits per heavy atom. The Morgan fingerprint density at radius 3 is 2.60 bits per heavy atom. The topological polar surface area (TPSA) is 41.6 Å². The molecule has 20 heavy (non-hydrogen) atoms. The van der Waals surface area contributed by atoms with Crippen LogP contribution < -0.4 is 5.32 Å². The zero-order valence-corrected chi connectivity index (χ0v) is 13.1. The molecule has 0 aromatic rings. The molecular formula is C16H30N2O2. The predicted octanol–water partition coefficient (Wildman–Crippen LogP) is 2.67. The third-order valence-electron chi connectivity index (χ3n) is 4.66. The third kappa shape index (κ3) is 3.34. The number of nitrogens with one attached hydrogen (secondary N) is 1. The van der Waals surface area contributed by atoms with Crippen LogP contribution in [0.25, 0.3) is 0 Å². The first-order valence-electron chi connectivity index (χ1n) is 8.40. The first kappa shape index (κ1) is 15.8. The van der Waals surface area contributed by atoms with Gasteiger partial charge in [-0.1, -0.05) is 33.1 Å². The fourth-order valence-corrected chi connectivity index (χ4v) is 3.48. The van der Waals surface area contributed by atoms with Gasteiger partial charge in [0, 0.05) is 19.8 Å². The number of nitrogens with zero attached hydrogens (tertiary/aromatic N) is 1. The van der Waals surface area contributed by atoms with Crippen molar-refractivity contribution in [3.05, 3.63) is 0 Å². The first-order valence-corrected chi connectivity index (χ1v) is 8.40.